The van der Waals surface area contributed by atoms with Crippen molar-refractivity contribution in [1.29, 1.82) is 0 Å². The minimum Gasteiger partial charge on any atom is -0.481 e. The lowest BCUT2D eigenvalue weighted by atomic mass is 10.3. The van der Waals surface area contributed by atoms with E-state index in [4.69, 9.17) is 9.84 Å². The number of carbonyl (C=O) groups is 2. The zero-order valence-electron chi connectivity index (χ0n) is 11.0. The highest BCUT2D eigenvalue weighted by Gasteiger charge is 2.14. The number of rotatable bonds is 8. The Bertz CT molecular complexity index is 433. The molecule has 1 aromatic heterocycles. The minimum absolute atomic E-state index is 0.0512. The van der Waals surface area contributed by atoms with Crippen LogP contribution in [0.25, 0.3) is 0 Å². The van der Waals surface area contributed by atoms with Crippen LogP contribution in [-0.4, -0.2) is 35.1 Å². The van der Waals surface area contributed by atoms with Gasteiger partial charge in [0.25, 0.3) is 5.91 Å². The Morgan fingerprint density at radius 2 is 2.32 bits per heavy atom. The van der Waals surface area contributed by atoms with Crippen LogP contribution in [0, 0.1) is 0 Å². The molecule has 7 heteroatoms. The number of aliphatic carboxylic acids is 1. The Morgan fingerprint density at radius 1 is 1.58 bits per heavy atom. The lowest BCUT2D eigenvalue weighted by Gasteiger charge is -2.06. The molecule has 2 N–H and O–H groups in total. The van der Waals surface area contributed by atoms with Crippen LogP contribution in [0.1, 0.15) is 47.5 Å². The van der Waals surface area contributed by atoms with Gasteiger partial charge in [0.2, 0.25) is 0 Å². The summed E-state index contributed by atoms with van der Waals surface area (Å²) in [5.41, 5.74) is 0. The molecular formula is C12H18N2O4S. The van der Waals surface area contributed by atoms with Gasteiger partial charge in [-0.05, 0) is 20.3 Å². The van der Waals surface area contributed by atoms with Gasteiger partial charge >= 0.3 is 5.97 Å². The van der Waals surface area contributed by atoms with Gasteiger partial charge < -0.3 is 15.2 Å². The SMILES string of the molecule is CCOC(C)c1ncc(C(=O)NCCCC(=O)O)s1. The molecule has 19 heavy (non-hydrogen) atoms. The van der Waals surface area contributed by atoms with E-state index in [0.717, 1.165) is 5.01 Å². The highest BCUT2D eigenvalue weighted by Crippen LogP contribution is 2.22. The maximum atomic E-state index is 11.8. The van der Waals surface area contributed by atoms with E-state index in [1.165, 1.54) is 17.5 Å². The summed E-state index contributed by atoms with van der Waals surface area (Å²) in [6.07, 6.45) is 1.86. The minimum atomic E-state index is -0.861. The number of amides is 1. The van der Waals surface area contributed by atoms with Crippen LogP contribution in [-0.2, 0) is 9.53 Å². The Hall–Kier alpha value is -1.47. The van der Waals surface area contributed by atoms with Crippen molar-refractivity contribution >= 4 is 23.2 Å². The molecule has 106 valence electrons. The number of aromatic nitrogens is 1. The third-order valence-corrected chi connectivity index (χ3v) is 3.52. The fourth-order valence-electron chi connectivity index (χ4n) is 1.43. The summed E-state index contributed by atoms with van der Waals surface area (Å²) in [6.45, 7) is 4.73. The summed E-state index contributed by atoms with van der Waals surface area (Å²) in [6, 6.07) is 0. The van der Waals surface area contributed by atoms with Crippen molar-refractivity contribution in [3.8, 4) is 0 Å². The first-order valence-corrected chi connectivity index (χ1v) is 6.93. The number of hydrogen-bond donors (Lipinski definition) is 2. The Morgan fingerprint density at radius 3 is 2.95 bits per heavy atom. The summed E-state index contributed by atoms with van der Waals surface area (Å²) in [5.74, 6) is -1.09. The Balaban J connectivity index is 2.42. The molecule has 1 unspecified atom stereocenters. The summed E-state index contributed by atoms with van der Waals surface area (Å²) in [7, 11) is 0. The zero-order valence-corrected chi connectivity index (χ0v) is 11.8. The molecular weight excluding hydrogens is 268 g/mol. The summed E-state index contributed by atoms with van der Waals surface area (Å²) in [4.78, 5) is 26.7. The normalized spacial score (nSPS) is 12.1. The number of nitrogens with one attached hydrogen (secondary N) is 1. The van der Waals surface area contributed by atoms with Crippen molar-refractivity contribution < 1.29 is 19.4 Å². The molecule has 0 aliphatic heterocycles. The number of nitrogens with zero attached hydrogens (tertiary/aromatic N) is 1. The maximum Gasteiger partial charge on any atom is 0.303 e. The molecule has 0 aliphatic carbocycles. The second-order valence-corrected chi connectivity index (χ2v) is 4.98. The highest BCUT2D eigenvalue weighted by atomic mass is 32.1. The quantitative estimate of drug-likeness (QED) is 0.712. The van der Waals surface area contributed by atoms with E-state index in [2.05, 4.69) is 10.3 Å². The third-order valence-electron chi connectivity index (χ3n) is 2.36. The molecule has 0 radical (unpaired) electrons. The number of hydrogen-bond acceptors (Lipinski definition) is 5. The highest BCUT2D eigenvalue weighted by molar-refractivity contribution is 7.13. The molecule has 0 saturated heterocycles. The lowest BCUT2D eigenvalue weighted by Crippen LogP contribution is -2.24. The van der Waals surface area contributed by atoms with Crippen molar-refractivity contribution in [3.05, 3.63) is 16.1 Å². The van der Waals surface area contributed by atoms with E-state index in [1.54, 1.807) is 0 Å². The molecule has 0 fully saturated rings. The smallest absolute Gasteiger partial charge is 0.303 e. The fraction of sp³-hybridized carbons (Fsp3) is 0.583. The van der Waals surface area contributed by atoms with Crippen molar-refractivity contribution in [2.45, 2.75) is 32.8 Å². The van der Waals surface area contributed by atoms with Crippen LogP contribution in [0.2, 0.25) is 0 Å². The number of carbonyl (C=O) groups excluding carboxylic acids is 1. The molecule has 1 aromatic rings. The van der Waals surface area contributed by atoms with Gasteiger partial charge in [-0.3, -0.25) is 9.59 Å². The molecule has 1 atom stereocenters. The molecule has 0 saturated carbocycles. The number of thiazole rings is 1. The Kier molecular flexibility index (Phi) is 6.44. The third kappa shape index (κ3) is 5.35. The van der Waals surface area contributed by atoms with Crippen LogP contribution in [0.5, 0.6) is 0 Å². The standard InChI is InChI=1S/C12H18N2O4S/c1-3-18-8(2)12-14-7-9(19-12)11(17)13-6-4-5-10(15)16/h7-8H,3-6H2,1-2H3,(H,13,17)(H,15,16). The van der Waals surface area contributed by atoms with E-state index < -0.39 is 5.97 Å². The van der Waals surface area contributed by atoms with Gasteiger partial charge in [-0.15, -0.1) is 11.3 Å². The van der Waals surface area contributed by atoms with Crippen LogP contribution in [0.3, 0.4) is 0 Å². The second kappa shape index (κ2) is 7.85. The number of ether oxygens (including phenoxy) is 1. The largest absolute Gasteiger partial charge is 0.481 e. The average Bonchev–Trinajstić information content (AvgIpc) is 2.84. The molecule has 1 rings (SSSR count). The van der Waals surface area contributed by atoms with Crippen molar-refractivity contribution in [2.75, 3.05) is 13.2 Å². The predicted molar refractivity (Wildman–Crippen MR) is 71.4 cm³/mol. The fourth-order valence-corrected chi connectivity index (χ4v) is 2.27. The van der Waals surface area contributed by atoms with Crippen LogP contribution in [0.15, 0.2) is 6.20 Å². The van der Waals surface area contributed by atoms with E-state index in [-0.39, 0.29) is 18.4 Å². The van der Waals surface area contributed by atoms with Gasteiger partial charge in [0.05, 0.1) is 6.20 Å². The topological polar surface area (TPSA) is 88.5 Å². The van der Waals surface area contributed by atoms with Crippen LogP contribution in [0.4, 0.5) is 0 Å². The van der Waals surface area contributed by atoms with E-state index in [1.807, 2.05) is 13.8 Å². The molecule has 0 aromatic carbocycles. The lowest BCUT2D eigenvalue weighted by molar-refractivity contribution is -0.137. The van der Waals surface area contributed by atoms with Gasteiger partial charge in [-0.25, -0.2) is 4.98 Å². The first-order valence-electron chi connectivity index (χ1n) is 6.12. The summed E-state index contributed by atoms with van der Waals surface area (Å²) < 4.78 is 5.40. The molecule has 0 aliphatic rings. The first kappa shape index (κ1) is 15.6. The van der Waals surface area contributed by atoms with E-state index in [0.29, 0.717) is 24.4 Å². The number of carboxylic acids is 1. The molecule has 1 heterocycles. The monoisotopic (exact) mass is 286 g/mol. The molecule has 1 amide bonds. The summed E-state index contributed by atoms with van der Waals surface area (Å²) in [5, 5.41) is 11.9. The van der Waals surface area contributed by atoms with Crippen molar-refractivity contribution in [3.63, 3.8) is 0 Å². The van der Waals surface area contributed by atoms with Crippen LogP contribution >= 0.6 is 11.3 Å². The molecule has 0 bridgehead atoms. The van der Waals surface area contributed by atoms with E-state index >= 15 is 0 Å². The summed E-state index contributed by atoms with van der Waals surface area (Å²) >= 11 is 1.29. The average molecular weight is 286 g/mol. The first-order chi connectivity index (χ1) is 9.04. The van der Waals surface area contributed by atoms with Gasteiger partial charge in [-0.2, -0.15) is 0 Å². The Labute approximate surface area is 115 Å². The molecule has 0 spiro atoms. The van der Waals surface area contributed by atoms with Crippen LogP contribution < -0.4 is 5.32 Å². The van der Waals surface area contributed by atoms with E-state index in [9.17, 15) is 9.59 Å². The van der Waals surface area contributed by atoms with Gasteiger partial charge in [0.15, 0.2) is 0 Å². The van der Waals surface area contributed by atoms with Gasteiger partial charge in [-0.1, -0.05) is 0 Å². The van der Waals surface area contributed by atoms with Crippen molar-refractivity contribution in [2.24, 2.45) is 0 Å². The number of carboxylic acid groups (broad SMARTS) is 1. The predicted octanol–water partition coefficient (Wildman–Crippen LogP) is 1.84. The van der Waals surface area contributed by atoms with Gasteiger partial charge in [0.1, 0.15) is 16.0 Å². The zero-order chi connectivity index (χ0) is 14.3. The second-order valence-electron chi connectivity index (χ2n) is 3.91. The maximum absolute atomic E-state index is 11.8. The van der Waals surface area contributed by atoms with Gasteiger partial charge in [0, 0.05) is 19.6 Å². The molecule has 6 nitrogen and oxygen atoms in total. The van der Waals surface area contributed by atoms with Crippen molar-refractivity contribution in [1.82, 2.24) is 10.3 Å².